The first-order valence-electron chi connectivity index (χ1n) is 8.67. The lowest BCUT2D eigenvalue weighted by molar-refractivity contribution is -0.129. The number of aryl methyl sites for hydroxylation is 1. The van der Waals surface area contributed by atoms with Crippen LogP contribution in [0.2, 0.25) is 10.0 Å². The van der Waals surface area contributed by atoms with Crippen molar-refractivity contribution >= 4 is 45.9 Å². The Morgan fingerprint density at radius 3 is 2.50 bits per heavy atom. The van der Waals surface area contributed by atoms with E-state index >= 15 is 0 Å². The molecule has 2 aromatic carbocycles. The predicted molar refractivity (Wildman–Crippen MR) is 106 cm³/mol. The number of fused-ring (bicyclic) bond motifs is 1. The fraction of sp³-hybridized carbons (Fsp3) is 0.263. The van der Waals surface area contributed by atoms with Crippen LogP contribution in [0.3, 0.4) is 0 Å². The molecule has 11 heteroatoms. The Bertz CT molecular complexity index is 1180. The second kappa shape index (κ2) is 7.48. The van der Waals surface area contributed by atoms with Crippen LogP contribution < -0.4 is 0 Å². The van der Waals surface area contributed by atoms with Crippen molar-refractivity contribution in [2.75, 3.05) is 7.11 Å². The van der Waals surface area contributed by atoms with Crippen molar-refractivity contribution in [2.24, 2.45) is 12.2 Å². The van der Waals surface area contributed by atoms with Gasteiger partial charge >= 0.3 is 5.97 Å². The van der Waals surface area contributed by atoms with E-state index in [1.165, 1.54) is 36.2 Å². The van der Waals surface area contributed by atoms with Crippen LogP contribution in [0.5, 0.6) is 0 Å². The molecule has 0 N–H and O–H groups in total. The molecule has 0 amide bonds. The van der Waals surface area contributed by atoms with E-state index in [1.54, 1.807) is 13.1 Å². The Morgan fingerprint density at radius 1 is 1.20 bits per heavy atom. The van der Waals surface area contributed by atoms with Gasteiger partial charge in [-0.25, -0.2) is 13.6 Å². The molecule has 0 spiro atoms. The monoisotopic (exact) mass is 454 g/mol. The highest BCUT2D eigenvalue weighted by Gasteiger charge is 2.50. The number of carbonyl (C=O) groups is 1. The Hall–Kier alpha value is -2.78. The average molecular weight is 455 g/mol. The highest BCUT2D eigenvalue weighted by Crippen LogP contribution is 2.43. The molecule has 4 rings (SSSR count). The molecule has 7 nitrogen and oxygen atoms in total. The van der Waals surface area contributed by atoms with E-state index in [9.17, 15) is 13.6 Å². The average Bonchev–Trinajstić information content (AvgIpc) is 3.30. The van der Waals surface area contributed by atoms with Crippen LogP contribution in [-0.4, -0.2) is 40.2 Å². The third-order valence-corrected chi connectivity index (χ3v) is 5.25. The molecule has 1 aliphatic heterocycles. The maximum absolute atomic E-state index is 14.2. The smallest absolute Gasteiger partial charge is 0.340 e. The number of benzene rings is 2. The van der Waals surface area contributed by atoms with Gasteiger partial charge in [-0.2, -0.15) is 15.0 Å². The summed E-state index contributed by atoms with van der Waals surface area (Å²) < 4.78 is 33.1. The van der Waals surface area contributed by atoms with Gasteiger partial charge in [0.1, 0.15) is 11.0 Å². The summed E-state index contributed by atoms with van der Waals surface area (Å²) in [4.78, 5) is 18.6. The number of alkyl halides is 2. The summed E-state index contributed by atoms with van der Waals surface area (Å²) in [6.45, 7) is 0. The number of hydrogen-bond acceptors (Lipinski definition) is 6. The Morgan fingerprint density at radius 2 is 1.87 bits per heavy atom. The molecule has 1 atom stereocenters. The van der Waals surface area contributed by atoms with Crippen molar-refractivity contribution in [3.63, 3.8) is 0 Å². The topological polar surface area (TPSA) is 78.6 Å². The van der Waals surface area contributed by atoms with Crippen LogP contribution in [0.25, 0.3) is 11.0 Å². The van der Waals surface area contributed by atoms with Crippen LogP contribution in [0, 0.1) is 0 Å². The molecule has 30 heavy (non-hydrogen) atoms. The van der Waals surface area contributed by atoms with Crippen LogP contribution in [0.4, 0.5) is 8.78 Å². The fourth-order valence-corrected chi connectivity index (χ4v) is 3.92. The molecule has 1 unspecified atom stereocenters. The number of ether oxygens (including phenoxy) is 1. The lowest BCUT2D eigenvalue weighted by Crippen LogP contribution is -2.35. The first-order chi connectivity index (χ1) is 14.2. The summed E-state index contributed by atoms with van der Waals surface area (Å²) in [5, 5.41) is 12.8. The number of halogens is 4. The summed E-state index contributed by atoms with van der Waals surface area (Å²) in [5.41, 5.74) is -0.517. The molecule has 0 radical (unpaired) electrons. The summed E-state index contributed by atoms with van der Waals surface area (Å²) in [6, 6.07) is 7.22. The van der Waals surface area contributed by atoms with Crippen molar-refractivity contribution < 1.29 is 23.1 Å². The molecule has 0 bridgehead atoms. The Labute approximate surface area is 179 Å². The molecular weight excluding hydrogens is 441 g/mol. The summed E-state index contributed by atoms with van der Waals surface area (Å²) in [6.07, 6.45) is -3.18. The second-order valence-electron chi connectivity index (χ2n) is 6.69. The minimum Gasteiger partial charge on any atom is -0.465 e. The van der Waals surface area contributed by atoms with Crippen molar-refractivity contribution in [3.8, 4) is 0 Å². The van der Waals surface area contributed by atoms with Gasteiger partial charge in [-0.1, -0.05) is 28.4 Å². The zero-order valence-electron chi connectivity index (χ0n) is 15.7. The van der Waals surface area contributed by atoms with Crippen LogP contribution in [0.1, 0.15) is 27.9 Å². The number of esters is 1. The van der Waals surface area contributed by atoms with Gasteiger partial charge in [-0.3, -0.25) is 0 Å². The number of oxime groups is 1. The maximum Gasteiger partial charge on any atom is 0.340 e. The van der Waals surface area contributed by atoms with Crippen LogP contribution in [0.15, 0.2) is 35.5 Å². The van der Waals surface area contributed by atoms with E-state index in [0.29, 0.717) is 11.1 Å². The Balaban J connectivity index is 1.80. The van der Waals surface area contributed by atoms with E-state index in [0.717, 1.165) is 0 Å². The molecular formula is C19H14Cl2F2N4O3. The van der Waals surface area contributed by atoms with Gasteiger partial charge in [0.2, 0.25) is 5.60 Å². The van der Waals surface area contributed by atoms with E-state index in [1.807, 2.05) is 0 Å². The molecule has 0 aliphatic carbocycles. The third-order valence-electron chi connectivity index (χ3n) is 4.81. The lowest BCUT2D eigenvalue weighted by atomic mass is 9.87. The molecule has 2 heterocycles. The number of carbonyl (C=O) groups excluding carboxylic acids is 1. The SMILES string of the molecule is COC(=O)c1ccc(C2=NOC(c3cc(Cl)cc(Cl)c3)(C(F)F)C2)c2nn(C)nc12. The van der Waals surface area contributed by atoms with Gasteiger partial charge in [0.15, 0.2) is 0 Å². The quantitative estimate of drug-likeness (QED) is 0.547. The van der Waals surface area contributed by atoms with E-state index < -0.39 is 18.0 Å². The van der Waals surface area contributed by atoms with Crippen molar-refractivity contribution in [1.82, 2.24) is 15.0 Å². The van der Waals surface area contributed by atoms with Gasteiger partial charge in [0, 0.05) is 34.6 Å². The number of rotatable bonds is 4. The largest absolute Gasteiger partial charge is 0.465 e. The van der Waals surface area contributed by atoms with Crippen LogP contribution in [-0.2, 0) is 22.2 Å². The molecule has 1 aromatic heterocycles. The van der Waals surface area contributed by atoms with Gasteiger partial charge in [0.05, 0.1) is 18.4 Å². The van der Waals surface area contributed by atoms with E-state index in [2.05, 4.69) is 15.4 Å². The molecule has 0 fully saturated rings. The standard InChI is InChI=1S/C19H14Cl2F2N4O3/c1-27-24-15-12(3-4-13(16(15)25-27)17(28)29-2)14-8-19(18(22)23,30-26-14)9-5-10(20)7-11(21)6-9/h3-7,18H,8H2,1-2H3. The van der Waals surface area contributed by atoms with Crippen LogP contribution >= 0.6 is 23.2 Å². The lowest BCUT2D eigenvalue weighted by Gasteiger charge is -2.26. The number of methoxy groups -OCH3 is 1. The normalized spacial score (nSPS) is 18.6. The molecule has 0 saturated carbocycles. The first-order valence-corrected chi connectivity index (χ1v) is 9.43. The van der Waals surface area contributed by atoms with Gasteiger partial charge in [0.25, 0.3) is 6.43 Å². The maximum atomic E-state index is 14.2. The Kier molecular flexibility index (Phi) is 5.11. The minimum atomic E-state index is -2.92. The fourth-order valence-electron chi connectivity index (χ4n) is 3.39. The van der Waals surface area contributed by atoms with Gasteiger partial charge in [-0.05, 0) is 30.3 Å². The molecule has 3 aromatic rings. The van der Waals surface area contributed by atoms with Crippen molar-refractivity contribution in [2.45, 2.75) is 18.4 Å². The molecule has 156 valence electrons. The zero-order chi connectivity index (χ0) is 21.6. The number of nitrogens with zero attached hydrogens (tertiary/aromatic N) is 4. The predicted octanol–water partition coefficient (Wildman–Crippen LogP) is 4.35. The summed E-state index contributed by atoms with van der Waals surface area (Å²) in [5.74, 6) is -0.591. The zero-order valence-corrected chi connectivity index (χ0v) is 17.2. The third kappa shape index (κ3) is 3.27. The van der Waals surface area contributed by atoms with E-state index in [-0.39, 0.29) is 38.8 Å². The van der Waals surface area contributed by atoms with Crippen molar-refractivity contribution in [1.29, 1.82) is 0 Å². The minimum absolute atomic E-state index is 0.107. The first kappa shape index (κ1) is 20.5. The molecule has 0 saturated heterocycles. The van der Waals surface area contributed by atoms with Gasteiger partial charge < -0.3 is 9.57 Å². The van der Waals surface area contributed by atoms with Crippen molar-refractivity contribution in [3.05, 3.63) is 57.1 Å². The second-order valence-corrected chi connectivity index (χ2v) is 7.57. The highest BCUT2D eigenvalue weighted by atomic mass is 35.5. The summed E-state index contributed by atoms with van der Waals surface area (Å²) in [7, 11) is 2.83. The highest BCUT2D eigenvalue weighted by molar-refractivity contribution is 6.34. The van der Waals surface area contributed by atoms with E-state index in [4.69, 9.17) is 32.8 Å². The summed E-state index contributed by atoms with van der Waals surface area (Å²) >= 11 is 12.0. The number of hydrogen-bond donors (Lipinski definition) is 0. The number of aromatic nitrogens is 3. The van der Waals surface area contributed by atoms with Gasteiger partial charge in [-0.15, -0.1) is 0 Å². The molecule has 1 aliphatic rings.